The van der Waals surface area contributed by atoms with Crippen LogP contribution in [0.15, 0.2) is 47.4 Å². The van der Waals surface area contributed by atoms with Gasteiger partial charge in [0.2, 0.25) is 22.0 Å². The predicted octanol–water partition coefficient (Wildman–Crippen LogP) is 1.98. The fourth-order valence-electron chi connectivity index (χ4n) is 3.49. The zero-order valence-electron chi connectivity index (χ0n) is 18.4. The summed E-state index contributed by atoms with van der Waals surface area (Å²) in [7, 11) is -1.19. The molecule has 9 nitrogen and oxygen atoms in total. The van der Waals surface area contributed by atoms with Gasteiger partial charge in [-0.05, 0) is 42.8 Å². The maximum Gasteiger partial charge on any atom is 0.348 e. The summed E-state index contributed by atoms with van der Waals surface area (Å²) in [6.07, 6.45) is -1.00. The smallest absolute Gasteiger partial charge is 0.348 e. The van der Waals surface area contributed by atoms with Gasteiger partial charge in [0.05, 0.1) is 37.9 Å². The topological polar surface area (TPSA) is 102 Å². The molecule has 10 heteroatoms. The van der Waals surface area contributed by atoms with E-state index in [1.54, 1.807) is 44.2 Å². The zero-order valence-corrected chi connectivity index (χ0v) is 19.2. The van der Waals surface area contributed by atoms with Crippen molar-refractivity contribution in [2.75, 3.05) is 38.8 Å². The third kappa shape index (κ3) is 4.56. The maximum atomic E-state index is 13.2. The SMILES string of the molecule is CCN(CC(=O)N1C[C@H](C(=O)OC)Oc2ccccc21)S(=O)(=O)c1ccc(OC)c(C)c1. The van der Waals surface area contributed by atoms with Gasteiger partial charge in [0.1, 0.15) is 11.5 Å². The standard InChI is InChI=1S/C22H26N2O7S/c1-5-23(32(27,28)16-10-11-18(29-3)15(2)12-16)14-21(25)24-13-20(22(26)30-4)31-19-9-7-6-8-17(19)24/h6-12,20H,5,13-14H2,1-4H3/t20-/m1/s1. The highest BCUT2D eigenvalue weighted by Crippen LogP contribution is 2.34. The number of amides is 1. The van der Waals surface area contributed by atoms with Crippen molar-refractivity contribution in [3.8, 4) is 11.5 Å². The van der Waals surface area contributed by atoms with E-state index in [9.17, 15) is 18.0 Å². The first-order chi connectivity index (χ1) is 15.2. The van der Waals surface area contributed by atoms with E-state index in [1.165, 1.54) is 31.3 Å². The fourth-order valence-corrected chi connectivity index (χ4v) is 4.97. The van der Waals surface area contributed by atoms with Gasteiger partial charge in [-0.3, -0.25) is 4.79 Å². The molecule has 3 rings (SSSR count). The number of rotatable bonds is 7. The van der Waals surface area contributed by atoms with E-state index in [0.717, 1.165) is 4.31 Å². The van der Waals surface area contributed by atoms with Gasteiger partial charge in [0.15, 0.2) is 0 Å². The second-order valence-corrected chi connectivity index (χ2v) is 9.10. The van der Waals surface area contributed by atoms with Crippen molar-refractivity contribution in [2.24, 2.45) is 0 Å². The average Bonchev–Trinajstić information content (AvgIpc) is 2.80. The second kappa shape index (κ2) is 9.58. The quantitative estimate of drug-likeness (QED) is 0.580. The number of aryl methyl sites for hydroxylation is 1. The lowest BCUT2D eigenvalue weighted by atomic mass is 10.2. The number of sulfonamides is 1. The van der Waals surface area contributed by atoms with E-state index < -0.39 is 34.5 Å². The number of fused-ring (bicyclic) bond motifs is 1. The highest BCUT2D eigenvalue weighted by Gasteiger charge is 2.36. The van der Waals surface area contributed by atoms with Gasteiger partial charge >= 0.3 is 5.97 Å². The minimum atomic E-state index is -3.94. The Balaban J connectivity index is 1.88. The molecule has 1 amide bonds. The van der Waals surface area contributed by atoms with Gasteiger partial charge < -0.3 is 19.1 Å². The molecule has 32 heavy (non-hydrogen) atoms. The fraction of sp³-hybridized carbons (Fsp3) is 0.364. The Hall–Kier alpha value is -3.11. The average molecular weight is 463 g/mol. The second-order valence-electron chi connectivity index (χ2n) is 7.16. The Labute approximate surface area is 187 Å². The summed E-state index contributed by atoms with van der Waals surface area (Å²) >= 11 is 0. The first kappa shape index (κ1) is 23.6. The van der Waals surface area contributed by atoms with Gasteiger partial charge in [-0.1, -0.05) is 19.1 Å². The van der Waals surface area contributed by atoms with Crippen LogP contribution in [0.5, 0.6) is 11.5 Å². The number of carbonyl (C=O) groups is 2. The summed E-state index contributed by atoms with van der Waals surface area (Å²) in [6.45, 7) is 3.02. The van der Waals surface area contributed by atoms with E-state index in [1.807, 2.05) is 0 Å². The molecule has 2 aromatic rings. The van der Waals surface area contributed by atoms with Crippen LogP contribution < -0.4 is 14.4 Å². The molecule has 0 fully saturated rings. The largest absolute Gasteiger partial charge is 0.496 e. The molecular formula is C22H26N2O7S. The van der Waals surface area contributed by atoms with Gasteiger partial charge in [0.25, 0.3) is 0 Å². The Bertz CT molecular complexity index is 1120. The third-order valence-electron chi connectivity index (χ3n) is 5.21. The number of benzene rings is 2. The van der Waals surface area contributed by atoms with Crippen LogP contribution in [-0.4, -0.2) is 64.6 Å². The number of nitrogens with zero attached hydrogens (tertiary/aromatic N) is 2. The lowest BCUT2D eigenvalue weighted by Crippen LogP contribution is -2.50. The molecule has 0 spiro atoms. The number of ether oxygens (including phenoxy) is 3. The van der Waals surface area contributed by atoms with Crippen LogP contribution in [0, 0.1) is 6.92 Å². The molecule has 0 aliphatic carbocycles. The monoisotopic (exact) mass is 462 g/mol. The highest BCUT2D eigenvalue weighted by atomic mass is 32.2. The van der Waals surface area contributed by atoms with Crippen LogP contribution >= 0.6 is 0 Å². The van der Waals surface area contributed by atoms with Crippen LogP contribution in [0.3, 0.4) is 0 Å². The number of hydrogen-bond donors (Lipinski definition) is 0. The number of carbonyl (C=O) groups excluding carboxylic acids is 2. The minimum absolute atomic E-state index is 0.0697. The van der Waals surface area contributed by atoms with Crippen molar-refractivity contribution in [3.05, 3.63) is 48.0 Å². The highest BCUT2D eigenvalue weighted by molar-refractivity contribution is 7.89. The molecule has 172 valence electrons. The number of para-hydroxylation sites is 2. The normalized spacial score (nSPS) is 15.7. The van der Waals surface area contributed by atoms with E-state index >= 15 is 0 Å². The first-order valence-electron chi connectivity index (χ1n) is 10.0. The summed E-state index contributed by atoms with van der Waals surface area (Å²) in [6, 6.07) is 11.3. The third-order valence-corrected chi connectivity index (χ3v) is 7.12. The van der Waals surface area contributed by atoms with E-state index in [-0.39, 0.29) is 18.0 Å². The minimum Gasteiger partial charge on any atom is -0.496 e. The molecule has 0 N–H and O–H groups in total. The van der Waals surface area contributed by atoms with Crippen molar-refractivity contribution in [1.82, 2.24) is 4.31 Å². The van der Waals surface area contributed by atoms with Crippen LogP contribution in [0.2, 0.25) is 0 Å². The van der Waals surface area contributed by atoms with Crippen molar-refractivity contribution >= 4 is 27.6 Å². The van der Waals surface area contributed by atoms with E-state index in [0.29, 0.717) is 22.7 Å². The number of esters is 1. The Kier molecular flexibility index (Phi) is 7.05. The van der Waals surface area contributed by atoms with Gasteiger partial charge in [-0.2, -0.15) is 4.31 Å². The van der Waals surface area contributed by atoms with Crippen LogP contribution in [0.1, 0.15) is 12.5 Å². The summed E-state index contributed by atoms with van der Waals surface area (Å²) < 4.78 is 43.1. The predicted molar refractivity (Wildman–Crippen MR) is 117 cm³/mol. The van der Waals surface area contributed by atoms with E-state index in [2.05, 4.69) is 0 Å². The van der Waals surface area contributed by atoms with Gasteiger partial charge in [-0.15, -0.1) is 0 Å². The van der Waals surface area contributed by atoms with Crippen molar-refractivity contribution in [2.45, 2.75) is 24.8 Å². The first-order valence-corrected chi connectivity index (χ1v) is 11.5. The Morgan fingerprint density at radius 1 is 1.19 bits per heavy atom. The molecule has 1 aliphatic heterocycles. The maximum absolute atomic E-state index is 13.2. The molecule has 0 unspecified atom stereocenters. The summed E-state index contributed by atoms with van der Waals surface area (Å²) in [4.78, 5) is 26.7. The number of likely N-dealkylation sites (N-methyl/N-ethyl adjacent to an activating group) is 1. The molecule has 1 atom stereocenters. The molecule has 0 saturated heterocycles. The molecule has 1 aliphatic rings. The van der Waals surface area contributed by atoms with E-state index in [4.69, 9.17) is 14.2 Å². The molecule has 0 radical (unpaired) electrons. The van der Waals surface area contributed by atoms with Crippen LogP contribution in [0.4, 0.5) is 5.69 Å². The summed E-state index contributed by atoms with van der Waals surface area (Å²) in [5.74, 6) is -0.183. The van der Waals surface area contributed by atoms with Crippen molar-refractivity contribution < 1.29 is 32.2 Å². The number of methoxy groups -OCH3 is 2. The molecule has 2 aromatic carbocycles. The van der Waals surface area contributed by atoms with Crippen LogP contribution in [-0.2, 0) is 24.3 Å². The molecule has 0 aromatic heterocycles. The molecule has 0 bridgehead atoms. The molecular weight excluding hydrogens is 436 g/mol. The number of hydrogen-bond acceptors (Lipinski definition) is 7. The lowest BCUT2D eigenvalue weighted by Gasteiger charge is -2.34. The Morgan fingerprint density at radius 2 is 1.91 bits per heavy atom. The number of anilines is 1. The van der Waals surface area contributed by atoms with Crippen molar-refractivity contribution in [3.63, 3.8) is 0 Å². The summed E-state index contributed by atoms with van der Waals surface area (Å²) in [5.41, 5.74) is 1.13. The van der Waals surface area contributed by atoms with Crippen LogP contribution in [0.25, 0.3) is 0 Å². The molecule has 1 heterocycles. The summed E-state index contributed by atoms with van der Waals surface area (Å²) in [5, 5.41) is 0. The zero-order chi connectivity index (χ0) is 23.5. The lowest BCUT2D eigenvalue weighted by molar-refractivity contribution is -0.148. The van der Waals surface area contributed by atoms with Gasteiger partial charge in [0, 0.05) is 6.54 Å². The Morgan fingerprint density at radius 3 is 2.53 bits per heavy atom. The molecule has 0 saturated carbocycles. The van der Waals surface area contributed by atoms with Crippen molar-refractivity contribution in [1.29, 1.82) is 0 Å². The van der Waals surface area contributed by atoms with Gasteiger partial charge in [-0.25, -0.2) is 13.2 Å².